The molecule has 3 aromatic rings. The number of rotatable bonds is 4. The second-order valence-corrected chi connectivity index (χ2v) is 4.98. The fourth-order valence-electron chi connectivity index (χ4n) is 2.22. The minimum absolute atomic E-state index is 0.164. The van der Waals surface area contributed by atoms with Crippen molar-refractivity contribution in [3.8, 4) is 0 Å². The van der Waals surface area contributed by atoms with Crippen LogP contribution < -0.4 is 5.32 Å². The van der Waals surface area contributed by atoms with Crippen LogP contribution in [0.25, 0.3) is 0 Å². The van der Waals surface area contributed by atoms with Crippen molar-refractivity contribution in [2.45, 2.75) is 13.5 Å². The first kappa shape index (κ1) is 14.0. The lowest BCUT2D eigenvalue weighted by Crippen LogP contribution is -2.13. The highest BCUT2D eigenvalue weighted by Crippen LogP contribution is 2.13. The van der Waals surface area contributed by atoms with Crippen LogP contribution in [0.2, 0.25) is 0 Å². The summed E-state index contributed by atoms with van der Waals surface area (Å²) >= 11 is 0. The van der Waals surface area contributed by atoms with E-state index in [1.807, 2.05) is 41.9 Å². The first-order valence-corrected chi connectivity index (χ1v) is 7.02. The van der Waals surface area contributed by atoms with Gasteiger partial charge in [-0.15, -0.1) is 0 Å². The van der Waals surface area contributed by atoms with Gasteiger partial charge in [-0.2, -0.15) is 5.10 Å². The van der Waals surface area contributed by atoms with Crippen molar-refractivity contribution in [2.24, 2.45) is 0 Å². The first-order valence-electron chi connectivity index (χ1n) is 7.02. The Balaban J connectivity index is 1.77. The van der Waals surface area contributed by atoms with Gasteiger partial charge in [0.25, 0.3) is 5.91 Å². The standard InChI is InChI=1S/C17H16N4O/c1-13-16(17(22)20-15-7-9-18-10-8-15)11-19-21(13)12-14-5-3-2-4-6-14/h2-11H,12H2,1H3,(H,18,20,22). The van der Waals surface area contributed by atoms with Gasteiger partial charge in [-0.1, -0.05) is 30.3 Å². The molecule has 0 spiro atoms. The molecule has 2 aromatic heterocycles. The number of hydrogen-bond donors (Lipinski definition) is 1. The summed E-state index contributed by atoms with van der Waals surface area (Å²) in [5, 5.41) is 7.16. The molecule has 0 aliphatic rings. The van der Waals surface area contributed by atoms with Crippen molar-refractivity contribution in [3.05, 3.63) is 77.9 Å². The van der Waals surface area contributed by atoms with Crippen LogP contribution in [0.1, 0.15) is 21.6 Å². The Morgan fingerprint density at radius 1 is 1.14 bits per heavy atom. The Morgan fingerprint density at radius 3 is 2.59 bits per heavy atom. The number of nitrogens with zero attached hydrogens (tertiary/aromatic N) is 3. The molecule has 0 atom stereocenters. The largest absolute Gasteiger partial charge is 0.322 e. The summed E-state index contributed by atoms with van der Waals surface area (Å²) in [7, 11) is 0. The van der Waals surface area contributed by atoms with Crippen LogP contribution in [-0.2, 0) is 6.54 Å². The highest BCUT2D eigenvalue weighted by atomic mass is 16.1. The molecule has 0 saturated heterocycles. The predicted octanol–water partition coefficient (Wildman–Crippen LogP) is 2.89. The number of carbonyl (C=O) groups excluding carboxylic acids is 1. The maximum absolute atomic E-state index is 12.3. The van der Waals surface area contributed by atoms with E-state index in [4.69, 9.17) is 0 Å². The minimum atomic E-state index is -0.164. The molecule has 1 amide bonds. The van der Waals surface area contributed by atoms with Crippen LogP contribution in [-0.4, -0.2) is 20.7 Å². The predicted molar refractivity (Wildman–Crippen MR) is 84.7 cm³/mol. The van der Waals surface area contributed by atoms with Crippen LogP contribution in [0.15, 0.2) is 61.1 Å². The second-order valence-electron chi connectivity index (χ2n) is 4.98. The van der Waals surface area contributed by atoms with E-state index in [9.17, 15) is 4.79 Å². The summed E-state index contributed by atoms with van der Waals surface area (Å²) in [4.78, 5) is 16.2. The monoisotopic (exact) mass is 292 g/mol. The number of benzene rings is 1. The average Bonchev–Trinajstić information content (AvgIpc) is 2.90. The Bertz CT molecular complexity index is 766. The molecule has 1 aromatic carbocycles. The molecule has 2 heterocycles. The van der Waals surface area contributed by atoms with Crippen LogP contribution in [0.4, 0.5) is 5.69 Å². The summed E-state index contributed by atoms with van der Waals surface area (Å²) in [5.74, 6) is -0.164. The molecule has 0 aliphatic heterocycles. The fourth-order valence-corrected chi connectivity index (χ4v) is 2.22. The highest BCUT2D eigenvalue weighted by Gasteiger charge is 2.14. The number of hydrogen-bond acceptors (Lipinski definition) is 3. The number of amides is 1. The Labute approximate surface area is 128 Å². The maximum Gasteiger partial charge on any atom is 0.259 e. The number of carbonyl (C=O) groups is 1. The van der Waals surface area contributed by atoms with Gasteiger partial charge in [-0.25, -0.2) is 0 Å². The van der Waals surface area contributed by atoms with Gasteiger partial charge < -0.3 is 5.32 Å². The van der Waals surface area contributed by atoms with Crippen LogP contribution in [0, 0.1) is 6.92 Å². The third-order valence-electron chi connectivity index (χ3n) is 3.46. The quantitative estimate of drug-likeness (QED) is 0.804. The number of pyridine rings is 1. The summed E-state index contributed by atoms with van der Waals surface area (Å²) in [6.45, 7) is 2.55. The lowest BCUT2D eigenvalue weighted by atomic mass is 10.2. The SMILES string of the molecule is Cc1c(C(=O)Nc2ccncc2)cnn1Cc1ccccc1. The normalized spacial score (nSPS) is 10.4. The zero-order chi connectivity index (χ0) is 15.4. The van der Waals surface area contributed by atoms with E-state index in [1.54, 1.807) is 30.7 Å². The van der Waals surface area contributed by atoms with Gasteiger partial charge in [0.05, 0.1) is 18.3 Å². The molecular weight excluding hydrogens is 276 g/mol. The first-order chi connectivity index (χ1) is 10.7. The molecule has 0 fully saturated rings. The zero-order valence-electron chi connectivity index (χ0n) is 12.2. The summed E-state index contributed by atoms with van der Waals surface area (Å²) in [5.41, 5.74) is 3.29. The molecule has 1 N–H and O–H groups in total. The van der Waals surface area contributed by atoms with E-state index in [-0.39, 0.29) is 5.91 Å². The summed E-state index contributed by atoms with van der Waals surface area (Å²) < 4.78 is 1.83. The van der Waals surface area contributed by atoms with Crippen LogP contribution in [0.3, 0.4) is 0 Å². The topological polar surface area (TPSA) is 59.8 Å². The molecule has 0 bridgehead atoms. The number of nitrogens with one attached hydrogen (secondary N) is 1. The van der Waals surface area contributed by atoms with Crippen molar-refractivity contribution in [1.82, 2.24) is 14.8 Å². The lowest BCUT2D eigenvalue weighted by molar-refractivity contribution is 0.102. The molecule has 0 unspecified atom stereocenters. The number of aromatic nitrogens is 3. The third kappa shape index (κ3) is 3.03. The highest BCUT2D eigenvalue weighted by molar-refractivity contribution is 6.04. The second kappa shape index (κ2) is 6.22. The molecule has 22 heavy (non-hydrogen) atoms. The molecule has 110 valence electrons. The van der Waals surface area contributed by atoms with E-state index < -0.39 is 0 Å². The van der Waals surface area contributed by atoms with E-state index in [0.29, 0.717) is 12.1 Å². The molecule has 0 radical (unpaired) electrons. The van der Waals surface area contributed by atoms with E-state index in [0.717, 1.165) is 16.9 Å². The van der Waals surface area contributed by atoms with Gasteiger partial charge in [0, 0.05) is 23.8 Å². The molecule has 5 heteroatoms. The van der Waals surface area contributed by atoms with Crippen molar-refractivity contribution < 1.29 is 4.79 Å². The Hall–Kier alpha value is -2.95. The summed E-state index contributed by atoms with van der Waals surface area (Å²) in [6.07, 6.45) is 4.89. The molecule has 3 rings (SSSR count). The van der Waals surface area contributed by atoms with E-state index in [2.05, 4.69) is 15.4 Å². The van der Waals surface area contributed by atoms with Crippen LogP contribution in [0.5, 0.6) is 0 Å². The van der Waals surface area contributed by atoms with Crippen LogP contribution >= 0.6 is 0 Å². The van der Waals surface area contributed by atoms with Gasteiger partial charge in [-0.05, 0) is 24.6 Å². The van der Waals surface area contributed by atoms with Crippen molar-refractivity contribution in [3.63, 3.8) is 0 Å². The summed E-state index contributed by atoms with van der Waals surface area (Å²) in [6, 6.07) is 13.5. The maximum atomic E-state index is 12.3. The molecule has 5 nitrogen and oxygen atoms in total. The van der Waals surface area contributed by atoms with Crippen molar-refractivity contribution >= 4 is 11.6 Å². The van der Waals surface area contributed by atoms with Crippen molar-refractivity contribution in [2.75, 3.05) is 5.32 Å². The fraction of sp³-hybridized carbons (Fsp3) is 0.118. The molecule has 0 saturated carbocycles. The van der Waals surface area contributed by atoms with Gasteiger partial charge in [-0.3, -0.25) is 14.5 Å². The molecule has 0 aliphatic carbocycles. The lowest BCUT2D eigenvalue weighted by Gasteiger charge is -2.06. The average molecular weight is 292 g/mol. The minimum Gasteiger partial charge on any atom is -0.322 e. The van der Waals surface area contributed by atoms with Gasteiger partial charge in [0.15, 0.2) is 0 Å². The Kier molecular flexibility index (Phi) is 3.96. The van der Waals surface area contributed by atoms with Gasteiger partial charge in [0.2, 0.25) is 0 Å². The van der Waals surface area contributed by atoms with E-state index >= 15 is 0 Å². The third-order valence-corrected chi connectivity index (χ3v) is 3.46. The zero-order valence-corrected chi connectivity index (χ0v) is 12.2. The molecular formula is C17H16N4O. The van der Waals surface area contributed by atoms with E-state index in [1.165, 1.54) is 0 Å². The number of anilines is 1. The smallest absolute Gasteiger partial charge is 0.259 e. The van der Waals surface area contributed by atoms with Gasteiger partial charge >= 0.3 is 0 Å². The van der Waals surface area contributed by atoms with Crippen molar-refractivity contribution in [1.29, 1.82) is 0 Å². The Morgan fingerprint density at radius 2 is 1.86 bits per heavy atom. The van der Waals surface area contributed by atoms with Gasteiger partial charge in [0.1, 0.15) is 0 Å².